The Kier molecular flexibility index (Phi) is 16.3. The van der Waals surface area contributed by atoms with Crippen molar-refractivity contribution in [1.82, 2.24) is 30.4 Å². The molecule has 1 fully saturated rings. The van der Waals surface area contributed by atoms with E-state index in [1.54, 1.807) is 27.6 Å². The molecule has 0 aliphatic carbocycles. The third-order valence-corrected chi connectivity index (χ3v) is 15.2. The van der Waals surface area contributed by atoms with E-state index >= 15 is 0 Å². The standard InChI is InChI=1S/C20H15F2N5O5S2.C14H9BrF2N4O3S.C12H18BNO4S/c1-33(29,30)27-18-15(21)7-6-13(16(18)22)19(28)17-14-8-11(9-24-20(14)26-25-17)10-2-4-12(5-3-10)34(23,31)32;1-25(23,24)21-12-9(16)3-2-7(10(12)17)13(22)11-8-4-6(15)5-18-14(8)20-19-11;1-11(2)12(3,4)18-13(17-11)9-5-7-10(8-6-9)19(14,15)16/h2-9,27H,1H3,(H2,23,31,32)(H,24,25,26);2-5,21H,1H3,(H,18,19,20);5-8H,1-4H3,(H2,14,15,16). The lowest BCUT2D eigenvalue weighted by Crippen LogP contribution is -2.41. The van der Waals surface area contributed by atoms with Gasteiger partial charge in [-0.15, -0.1) is 0 Å². The molecule has 78 heavy (non-hydrogen) atoms. The monoisotopic (exact) mass is 1220 g/mol. The third kappa shape index (κ3) is 13.1. The van der Waals surface area contributed by atoms with Gasteiger partial charge in [-0.3, -0.25) is 29.2 Å². The Balaban J connectivity index is 0.000000177. The Bertz CT molecular complexity index is 4160. The maximum atomic E-state index is 14.9. The molecule has 4 aromatic heterocycles. The number of primary sulfonamides is 2. The normalized spacial score (nSPS) is 14.3. The number of benzene rings is 4. The fourth-order valence-corrected chi connectivity index (χ4v) is 9.67. The number of sulfonamides is 4. The lowest BCUT2D eigenvalue weighted by atomic mass is 9.79. The molecular weight excluding hydrogens is 1180 g/mol. The van der Waals surface area contributed by atoms with Crippen LogP contribution in [0.15, 0.2) is 112 Å². The van der Waals surface area contributed by atoms with Gasteiger partial charge in [0.05, 0.1) is 55.4 Å². The minimum absolute atomic E-state index is 0.0559. The first kappa shape index (κ1) is 58.6. The number of rotatable bonds is 12. The minimum atomic E-state index is -4.02. The van der Waals surface area contributed by atoms with Crippen molar-refractivity contribution in [2.75, 3.05) is 22.0 Å². The van der Waals surface area contributed by atoms with E-state index in [2.05, 4.69) is 46.3 Å². The predicted octanol–water partition coefficient (Wildman–Crippen LogP) is 5.39. The number of H-pyrrole nitrogens is 2. The van der Waals surface area contributed by atoms with Gasteiger partial charge in [-0.1, -0.05) is 24.3 Å². The first-order valence-electron chi connectivity index (χ1n) is 22.0. The largest absolute Gasteiger partial charge is 0.494 e. The number of anilines is 2. The Morgan fingerprint density at radius 2 is 0.987 bits per heavy atom. The van der Waals surface area contributed by atoms with E-state index in [4.69, 9.17) is 19.6 Å². The zero-order valence-corrected chi connectivity index (χ0v) is 46.0. The highest BCUT2D eigenvalue weighted by Gasteiger charge is 2.51. The van der Waals surface area contributed by atoms with Crippen molar-refractivity contribution in [3.63, 3.8) is 0 Å². The number of ketones is 2. The summed E-state index contributed by atoms with van der Waals surface area (Å²) in [5.41, 5.74) is -1.90. The number of carbonyl (C=O) groups is 2. The number of carbonyl (C=O) groups excluding carboxylic acids is 2. The molecule has 8 aromatic rings. The molecule has 0 bridgehead atoms. The lowest BCUT2D eigenvalue weighted by Gasteiger charge is -2.32. The summed E-state index contributed by atoms with van der Waals surface area (Å²) in [5, 5.41) is 23.4. The van der Waals surface area contributed by atoms with Crippen molar-refractivity contribution in [2.24, 2.45) is 10.3 Å². The van der Waals surface area contributed by atoms with Crippen LogP contribution >= 0.6 is 15.9 Å². The van der Waals surface area contributed by atoms with E-state index < -0.39 is 116 Å². The van der Waals surface area contributed by atoms with Crippen LogP contribution in [0.2, 0.25) is 0 Å². The molecule has 0 spiro atoms. The van der Waals surface area contributed by atoms with Crippen molar-refractivity contribution in [3.05, 3.63) is 148 Å². The fourth-order valence-electron chi connectivity index (χ4n) is 7.19. The van der Waals surface area contributed by atoms with E-state index in [9.17, 15) is 60.8 Å². The molecule has 1 aliphatic rings. The van der Waals surface area contributed by atoms with Crippen molar-refractivity contribution in [2.45, 2.75) is 48.7 Å². The van der Waals surface area contributed by atoms with E-state index in [1.165, 1.54) is 54.9 Å². The molecule has 32 heteroatoms. The van der Waals surface area contributed by atoms with Gasteiger partial charge in [0.15, 0.2) is 22.9 Å². The van der Waals surface area contributed by atoms with Gasteiger partial charge in [-0.05, 0) is 115 Å². The fraction of sp³-hybridized carbons (Fsp3) is 0.174. The van der Waals surface area contributed by atoms with Gasteiger partial charge in [0.25, 0.3) is 0 Å². The highest BCUT2D eigenvalue weighted by Crippen LogP contribution is 2.37. The minimum Gasteiger partial charge on any atom is -0.399 e. The van der Waals surface area contributed by atoms with Crippen LogP contribution in [-0.4, -0.2) is 106 Å². The maximum Gasteiger partial charge on any atom is 0.494 e. The Labute approximate surface area is 451 Å². The average molecular weight is 1220 g/mol. The number of nitrogens with one attached hydrogen (secondary N) is 4. The summed E-state index contributed by atoms with van der Waals surface area (Å²) in [7, 11) is -16.0. The average Bonchev–Trinajstić information content (AvgIpc) is 4.05. The summed E-state index contributed by atoms with van der Waals surface area (Å²) in [6, 6.07) is 18.3. The molecule has 1 aliphatic heterocycles. The molecular formula is C46H42BBrF4N10O12S4. The quantitative estimate of drug-likeness (QED) is 0.0507. The van der Waals surface area contributed by atoms with E-state index in [0.717, 1.165) is 36.0 Å². The second-order valence-corrected chi connectivity index (χ2v) is 25.6. The van der Waals surface area contributed by atoms with E-state index in [0.29, 0.717) is 27.2 Å². The van der Waals surface area contributed by atoms with Crippen LogP contribution in [0.4, 0.5) is 28.9 Å². The number of aromatic nitrogens is 6. The number of halogens is 5. The number of hydrogen-bond acceptors (Lipinski definition) is 16. The molecule has 0 unspecified atom stereocenters. The summed E-state index contributed by atoms with van der Waals surface area (Å²) in [6.45, 7) is 7.86. The molecule has 5 heterocycles. The van der Waals surface area contributed by atoms with Gasteiger partial charge in [0.1, 0.15) is 34.4 Å². The number of pyridine rings is 2. The second-order valence-electron chi connectivity index (χ2n) is 18.1. The van der Waals surface area contributed by atoms with Crippen LogP contribution in [0.3, 0.4) is 0 Å². The highest BCUT2D eigenvalue weighted by molar-refractivity contribution is 9.10. The summed E-state index contributed by atoms with van der Waals surface area (Å²) < 4.78 is 164. The van der Waals surface area contributed by atoms with Crippen molar-refractivity contribution in [3.8, 4) is 11.1 Å². The van der Waals surface area contributed by atoms with Crippen molar-refractivity contribution < 1.29 is 70.1 Å². The number of aromatic amines is 2. The van der Waals surface area contributed by atoms with Gasteiger partial charge >= 0.3 is 7.12 Å². The molecule has 0 saturated carbocycles. The zero-order chi connectivity index (χ0) is 57.7. The summed E-state index contributed by atoms with van der Waals surface area (Å²) in [5.74, 6) is -6.78. The predicted molar refractivity (Wildman–Crippen MR) is 282 cm³/mol. The zero-order valence-electron chi connectivity index (χ0n) is 41.2. The third-order valence-electron chi connectivity index (χ3n) is 11.7. The van der Waals surface area contributed by atoms with Gasteiger partial charge in [-0.25, -0.2) is 71.5 Å². The smallest absolute Gasteiger partial charge is 0.399 e. The topological polar surface area (TPSA) is 348 Å². The lowest BCUT2D eigenvalue weighted by molar-refractivity contribution is 0.00578. The Morgan fingerprint density at radius 1 is 0.590 bits per heavy atom. The van der Waals surface area contributed by atoms with Crippen LogP contribution in [0.1, 0.15) is 59.8 Å². The molecule has 9 rings (SSSR count). The van der Waals surface area contributed by atoms with E-state index in [-0.39, 0.29) is 37.9 Å². The van der Waals surface area contributed by atoms with Crippen LogP contribution in [0.25, 0.3) is 33.2 Å². The van der Waals surface area contributed by atoms with Crippen molar-refractivity contribution in [1.29, 1.82) is 0 Å². The molecule has 0 radical (unpaired) electrons. The molecule has 8 N–H and O–H groups in total. The number of nitrogens with two attached hydrogens (primary N) is 2. The van der Waals surface area contributed by atoms with Crippen LogP contribution in [0, 0.1) is 23.3 Å². The number of nitrogens with zero attached hydrogens (tertiary/aromatic N) is 4. The van der Waals surface area contributed by atoms with Crippen molar-refractivity contribution >= 4 is 114 Å². The van der Waals surface area contributed by atoms with E-state index in [1.807, 2.05) is 27.7 Å². The van der Waals surface area contributed by atoms with Crippen LogP contribution in [-0.2, 0) is 49.4 Å². The molecule has 1 saturated heterocycles. The summed E-state index contributed by atoms with van der Waals surface area (Å²) in [4.78, 5) is 33.8. The Hall–Kier alpha value is -7.04. The summed E-state index contributed by atoms with van der Waals surface area (Å²) in [6.07, 6.45) is 4.37. The first-order valence-corrected chi connectivity index (χ1v) is 29.7. The van der Waals surface area contributed by atoms with Gasteiger partial charge in [-0.2, -0.15) is 10.2 Å². The molecule has 4 aromatic carbocycles. The Morgan fingerprint density at radius 3 is 1.40 bits per heavy atom. The van der Waals surface area contributed by atoms with Crippen LogP contribution in [0.5, 0.6) is 0 Å². The second kappa shape index (κ2) is 21.7. The number of fused-ring (bicyclic) bond motifs is 2. The molecule has 0 amide bonds. The van der Waals surface area contributed by atoms with Crippen LogP contribution < -0.4 is 25.2 Å². The highest BCUT2D eigenvalue weighted by atomic mass is 79.9. The maximum absolute atomic E-state index is 14.9. The van der Waals surface area contributed by atoms with Gasteiger partial charge < -0.3 is 9.31 Å². The molecule has 22 nitrogen and oxygen atoms in total. The summed E-state index contributed by atoms with van der Waals surface area (Å²) >= 11 is 3.21. The first-order chi connectivity index (χ1) is 36.0. The molecule has 410 valence electrons. The molecule has 0 atom stereocenters. The SMILES string of the molecule is CC1(C)OB(c2ccc(S(N)(=O)=O)cc2)OC1(C)C.CS(=O)(=O)Nc1c(F)ccc(C(=O)c2[nH]nc3ncc(-c4ccc(S(N)(=O)=O)cc4)cc23)c1F.CS(=O)(=O)Nc1c(F)ccc(C(=O)c2[nH]nc3ncc(Br)cc23)c1F. The van der Waals surface area contributed by atoms with Gasteiger partial charge in [0.2, 0.25) is 51.7 Å². The van der Waals surface area contributed by atoms with Gasteiger partial charge in [0, 0.05) is 22.4 Å². The number of hydrogen-bond donors (Lipinski definition) is 6.